The molecule has 3 rings (SSSR count). The first kappa shape index (κ1) is 16.1. The van der Waals surface area contributed by atoms with E-state index < -0.39 is 12.0 Å². The van der Waals surface area contributed by atoms with Crippen molar-refractivity contribution in [1.29, 1.82) is 0 Å². The topological polar surface area (TPSA) is 82.7 Å². The average molecular weight is 336 g/mol. The molecule has 0 bridgehead atoms. The minimum absolute atomic E-state index is 0.0264. The van der Waals surface area contributed by atoms with Crippen molar-refractivity contribution in [3.63, 3.8) is 0 Å². The average Bonchev–Trinajstić information content (AvgIpc) is 3.24. The summed E-state index contributed by atoms with van der Waals surface area (Å²) in [5.41, 5.74) is 0. The van der Waals surface area contributed by atoms with E-state index in [0.29, 0.717) is 11.7 Å². The molecule has 0 aliphatic carbocycles. The van der Waals surface area contributed by atoms with E-state index in [4.69, 9.17) is 9.63 Å². The maximum atomic E-state index is 11.1. The summed E-state index contributed by atoms with van der Waals surface area (Å²) in [5, 5.41) is 15.1. The zero-order chi connectivity index (χ0) is 16.4. The number of carbonyl (C=O) groups is 1. The molecule has 2 unspecified atom stereocenters. The summed E-state index contributed by atoms with van der Waals surface area (Å²) in [6.07, 6.45) is 0. The quantitative estimate of drug-likeness (QED) is 0.893. The Hall–Kier alpha value is -1.77. The number of carboxylic acids is 1. The second-order valence-corrected chi connectivity index (χ2v) is 6.64. The van der Waals surface area contributed by atoms with Gasteiger partial charge in [0.25, 0.3) is 0 Å². The van der Waals surface area contributed by atoms with Crippen LogP contribution in [0.1, 0.15) is 25.8 Å². The summed E-state index contributed by atoms with van der Waals surface area (Å²) in [4.78, 5) is 20.8. The molecule has 0 radical (unpaired) electrons. The lowest BCUT2D eigenvalue weighted by Crippen LogP contribution is -2.52. The van der Waals surface area contributed by atoms with Crippen molar-refractivity contribution in [2.24, 2.45) is 0 Å². The van der Waals surface area contributed by atoms with Crippen molar-refractivity contribution in [2.75, 3.05) is 26.2 Å². The SMILES string of the molecule is CC(C(=O)O)N1CCN(C(C)c2nc(-c3cccs3)no2)CC1. The van der Waals surface area contributed by atoms with Gasteiger partial charge in [-0.2, -0.15) is 4.98 Å². The van der Waals surface area contributed by atoms with Gasteiger partial charge < -0.3 is 9.63 Å². The molecule has 7 nitrogen and oxygen atoms in total. The van der Waals surface area contributed by atoms with Crippen molar-refractivity contribution < 1.29 is 14.4 Å². The van der Waals surface area contributed by atoms with Crippen LogP contribution in [-0.4, -0.2) is 63.2 Å². The fourth-order valence-corrected chi connectivity index (χ4v) is 3.38. The zero-order valence-corrected chi connectivity index (χ0v) is 14.0. The van der Waals surface area contributed by atoms with Gasteiger partial charge in [-0.05, 0) is 25.3 Å². The van der Waals surface area contributed by atoms with E-state index in [1.54, 1.807) is 18.3 Å². The normalized spacial score (nSPS) is 19.6. The Morgan fingerprint density at radius 3 is 2.61 bits per heavy atom. The Kier molecular flexibility index (Phi) is 4.74. The minimum Gasteiger partial charge on any atom is -0.480 e. The molecule has 3 heterocycles. The molecule has 1 aliphatic rings. The molecule has 1 saturated heterocycles. The first-order valence-corrected chi connectivity index (χ1v) is 8.52. The second-order valence-electron chi connectivity index (χ2n) is 5.70. The van der Waals surface area contributed by atoms with Crippen LogP contribution in [0.3, 0.4) is 0 Å². The predicted octanol–water partition coefficient (Wildman–Crippen LogP) is 1.95. The highest BCUT2D eigenvalue weighted by atomic mass is 32.1. The van der Waals surface area contributed by atoms with Crippen LogP contribution >= 0.6 is 11.3 Å². The van der Waals surface area contributed by atoms with Gasteiger partial charge in [-0.3, -0.25) is 14.6 Å². The molecule has 2 atom stereocenters. The summed E-state index contributed by atoms with van der Waals surface area (Å²) in [5.74, 6) is 0.456. The van der Waals surface area contributed by atoms with Gasteiger partial charge in [0.1, 0.15) is 6.04 Å². The molecule has 23 heavy (non-hydrogen) atoms. The minimum atomic E-state index is -0.774. The Labute approximate surface area is 138 Å². The Bertz CT molecular complexity index is 649. The number of nitrogens with zero attached hydrogens (tertiary/aromatic N) is 4. The number of piperazine rings is 1. The number of hydrogen-bond acceptors (Lipinski definition) is 7. The van der Waals surface area contributed by atoms with Crippen LogP contribution in [-0.2, 0) is 4.79 Å². The highest BCUT2D eigenvalue weighted by Crippen LogP contribution is 2.26. The van der Waals surface area contributed by atoms with Crippen LogP contribution in [0.25, 0.3) is 10.7 Å². The summed E-state index contributed by atoms with van der Waals surface area (Å²) in [6, 6.07) is 3.51. The Morgan fingerprint density at radius 2 is 2.00 bits per heavy atom. The third-order valence-corrected chi connectivity index (χ3v) is 5.21. The van der Waals surface area contributed by atoms with Crippen LogP contribution in [0.5, 0.6) is 0 Å². The van der Waals surface area contributed by atoms with Gasteiger partial charge in [0, 0.05) is 26.2 Å². The van der Waals surface area contributed by atoms with Gasteiger partial charge in [-0.15, -0.1) is 11.3 Å². The molecule has 2 aromatic heterocycles. The second kappa shape index (κ2) is 6.77. The third kappa shape index (κ3) is 3.44. The molecule has 1 N–H and O–H groups in total. The highest BCUT2D eigenvalue weighted by Gasteiger charge is 2.29. The first-order chi connectivity index (χ1) is 11.1. The molecule has 2 aromatic rings. The predicted molar refractivity (Wildman–Crippen MR) is 86.3 cm³/mol. The number of carboxylic acid groups (broad SMARTS) is 1. The first-order valence-electron chi connectivity index (χ1n) is 7.64. The summed E-state index contributed by atoms with van der Waals surface area (Å²) in [7, 11) is 0. The van der Waals surface area contributed by atoms with Crippen LogP contribution < -0.4 is 0 Å². The lowest BCUT2D eigenvalue weighted by molar-refractivity contribution is -0.143. The molecule has 8 heteroatoms. The number of thiophene rings is 1. The molecule has 1 fully saturated rings. The van der Waals surface area contributed by atoms with Crippen LogP contribution in [0.2, 0.25) is 0 Å². The molecular weight excluding hydrogens is 316 g/mol. The van der Waals surface area contributed by atoms with Crippen molar-refractivity contribution in [1.82, 2.24) is 19.9 Å². The molecule has 0 amide bonds. The van der Waals surface area contributed by atoms with Crippen molar-refractivity contribution in [3.05, 3.63) is 23.4 Å². The zero-order valence-electron chi connectivity index (χ0n) is 13.2. The largest absolute Gasteiger partial charge is 0.480 e. The van der Waals surface area contributed by atoms with E-state index in [2.05, 4.69) is 15.0 Å². The summed E-state index contributed by atoms with van der Waals surface area (Å²) in [6.45, 7) is 6.80. The molecule has 0 saturated carbocycles. The summed E-state index contributed by atoms with van der Waals surface area (Å²) < 4.78 is 5.41. The smallest absolute Gasteiger partial charge is 0.320 e. The summed E-state index contributed by atoms with van der Waals surface area (Å²) >= 11 is 1.58. The van der Waals surface area contributed by atoms with E-state index in [1.165, 1.54) is 0 Å². The number of rotatable bonds is 5. The van der Waals surface area contributed by atoms with Gasteiger partial charge in [0.05, 0.1) is 10.9 Å². The van der Waals surface area contributed by atoms with Crippen molar-refractivity contribution in [3.8, 4) is 10.7 Å². The van der Waals surface area contributed by atoms with E-state index in [1.807, 2.05) is 29.3 Å². The standard InChI is InChI=1S/C15H20N4O3S/c1-10(14-16-13(17-22-14)12-4-3-9-23-12)18-5-7-19(8-6-18)11(2)15(20)21/h3-4,9-11H,5-8H2,1-2H3,(H,20,21). The van der Waals surface area contributed by atoms with Crippen LogP contribution in [0.15, 0.2) is 22.0 Å². The van der Waals surface area contributed by atoms with Gasteiger partial charge in [-0.1, -0.05) is 11.2 Å². The van der Waals surface area contributed by atoms with Crippen LogP contribution in [0.4, 0.5) is 0 Å². The Balaban J connectivity index is 1.61. The van der Waals surface area contributed by atoms with E-state index >= 15 is 0 Å². The lowest BCUT2D eigenvalue weighted by Gasteiger charge is -2.38. The van der Waals surface area contributed by atoms with Gasteiger partial charge in [-0.25, -0.2) is 0 Å². The molecule has 0 aromatic carbocycles. The van der Waals surface area contributed by atoms with Gasteiger partial charge >= 0.3 is 5.97 Å². The van der Waals surface area contributed by atoms with Gasteiger partial charge in [0.15, 0.2) is 0 Å². The molecule has 0 spiro atoms. The van der Waals surface area contributed by atoms with Crippen LogP contribution in [0, 0.1) is 0 Å². The fraction of sp³-hybridized carbons (Fsp3) is 0.533. The van der Waals surface area contributed by atoms with E-state index in [-0.39, 0.29) is 6.04 Å². The monoisotopic (exact) mass is 336 g/mol. The van der Waals surface area contributed by atoms with E-state index in [0.717, 1.165) is 31.1 Å². The molecule has 1 aliphatic heterocycles. The van der Waals surface area contributed by atoms with Crippen molar-refractivity contribution in [2.45, 2.75) is 25.9 Å². The van der Waals surface area contributed by atoms with Gasteiger partial charge in [0.2, 0.25) is 11.7 Å². The fourth-order valence-electron chi connectivity index (χ4n) is 2.74. The third-order valence-electron chi connectivity index (χ3n) is 4.34. The maximum absolute atomic E-state index is 11.1. The molecular formula is C15H20N4O3S. The number of hydrogen-bond donors (Lipinski definition) is 1. The number of aliphatic carboxylic acids is 1. The Morgan fingerprint density at radius 1 is 1.30 bits per heavy atom. The maximum Gasteiger partial charge on any atom is 0.320 e. The number of aromatic nitrogens is 2. The highest BCUT2D eigenvalue weighted by molar-refractivity contribution is 7.13. The lowest BCUT2D eigenvalue weighted by atomic mass is 10.2. The van der Waals surface area contributed by atoms with Crippen molar-refractivity contribution >= 4 is 17.3 Å². The van der Waals surface area contributed by atoms with E-state index in [9.17, 15) is 4.79 Å². The molecule has 124 valence electrons.